The summed E-state index contributed by atoms with van der Waals surface area (Å²) in [5, 5.41) is 7.25. The van der Waals surface area contributed by atoms with Gasteiger partial charge in [-0.1, -0.05) is 0 Å². The number of amides is 1. The lowest BCUT2D eigenvalue weighted by Gasteiger charge is -2.15. The van der Waals surface area contributed by atoms with Gasteiger partial charge in [0.1, 0.15) is 5.82 Å². The first-order valence-corrected chi connectivity index (χ1v) is 6.18. The van der Waals surface area contributed by atoms with Gasteiger partial charge >= 0.3 is 0 Å². The Kier molecular flexibility index (Phi) is 4.86. The minimum atomic E-state index is 0.0213. The Labute approximate surface area is 108 Å². The number of nitrogens with zero attached hydrogens (tertiary/aromatic N) is 3. The maximum atomic E-state index is 11.4. The lowest BCUT2D eigenvalue weighted by Crippen LogP contribution is -2.24. The Balaban J connectivity index is 2.80. The topological polar surface area (TPSA) is 50.2 Å². The number of hydrogen-bond acceptors (Lipinski definition) is 4. The largest absolute Gasteiger partial charge is 0.363 e. The summed E-state index contributed by atoms with van der Waals surface area (Å²) < 4.78 is 1.83. The lowest BCUT2D eigenvalue weighted by atomic mass is 10.2. The number of aryl methyl sites for hydroxylation is 2. The molecule has 1 amide bonds. The molecule has 1 N–H and O–H groups in total. The molecule has 1 aromatic rings. The summed E-state index contributed by atoms with van der Waals surface area (Å²) in [5.41, 5.74) is 2.01. The van der Waals surface area contributed by atoms with E-state index in [0.717, 1.165) is 17.1 Å². The van der Waals surface area contributed by atoms with Gasteiger partial charge < -0.3 is 10.2 Å². The van der Waals surface area contributed by atoms with Crippen LogP contribution in [0.1, 0.15) is 17.7 Å². The predicted molar refractivity (Wildman–Crippen MR) is 72.6 cm³/mol. The Bertz CT molecular complexity index is 400. The van der Waals surface area contributed by atoms with Crippen molar-refractivity contribution in [2.75, 3.05) is 24.7 Å². The molecular weight excluding hydrogens is 236 g/mol. The summed E-state index contributed by atoms with van der Waals surface area (Å²) in [7, 11) is 5.84. The number of aromatic nitrogens is 2. The zero-order valence-corrected chi connectivity index (χ0v) is 11.7. The van der Waals surface area contributed by atoms with Gasteiger partial charge in [-0.3, -0.25) is 9.48 Å². The van der Waals surface area contributed by atoms with E-state index in [1.807, 2.05) is 37.6 Å². The van der Waals surface area contributed by atoms with E-state index >= 15 is 0 Å². The van der Waals surface area contributed by atoms with E-state index < -0.39 is 0 Å². The average molecular weight is 256 g/mol. The zero-order valence-electron chi connectivity index (χ0n) is 10.8. The summed E-state index contributed by atoms with van der Waals surface area (Å²) in [6.45, 7) is 2.47. The summed E-state index contributed by atoms with van der Waals surface area (Å²) in [5.74, 6) is 1.61. The molecule has 0 unspecified atom stereocenters. The van der Waals surface area contributed by atoms with Gasteiger partial charge in [0, 0.05) is 39.7 Å². The SMILES string of the molecule is Cc1nn(C)c(N(C)C)c1CNC(=O)CCS. The molecule has 0 aliphatic rings. The molecule has 0 spiro atoms. The predicted octanol–water partition coefficient (Wildman–Crippen LogP) is 0.731. The molecule has 17 heavy (non-hydrogen) atoms. The number of thiol groups is 1. The molecule has 0 aliphatic heterocycles. The van der Waals surface area contributed by atoms with Crippen LogP contribution in [0, 0.1) is 6.92 Å². The van der Waals surface area contributed by atoms with E-state index in [9.17, 15) is 4.79 Å². The Morgan fingerprint density at radius 3 is 2.71 bits per heavy atom. The van der Waals surface area contributed by atoms with Gasteiger partial charge in [0.15, 0.2) is 0 Å². The molecular formula is C11H20N4OS. The van der Waals surface area contributed by atoms with Crippen LogP contribution in [-0.2, 0) is 18.4 Å². The number of anilines is 1. The van der Waals surface area contributed by atoms with Gasteiger partial charge in [0.2, 0.25) is 5.91 Å². The Morgan fingerprint density at radius 1 is 1.53 bits per heavy atom. The highest BCUT2D eigenvalue weighted by Crippen LogP contribution is 2.20. The first kappa shape index (κ1) is 13.9. The van der Waals surface area contributed by atoms with Crippen molar-refractivity contribution < 1.29 is 4.79 Å². The standard InChI is InChI=1S/C11H20N4OS/c1-8-9(7-12-10(16)5-6-17)11(14(2)3)15(4)13-8/h17H,5-7H2,1-4H3,(H,12,16). The van der Waals surface area contributed by atoms with Gasteiger partial charge in [-0.05, 0) is 12.7 Å². The number of carbonyl (C=O) groups excluding carboxylic acids is 1. The molecule has 0 aliphatic carbocycles. The van der Waals surface area contributed by atoms with Crippen molar-refractivity contribution in [3.05, 3.63) is 11.3 Å². The van der Waals surface area contributed by atoms with Crippen LogP contribution >= 0.6 is 12.6 Å². The Morgan fingerprint density at radius 2 is 2.18 bits per heavy atom. The van der Waals surface area contributed by atoms with Crippen LogP contribution < -0.4 is 10.2 Å². The molecule has 1 heterocycles. The Hall–Kier alpha value is -1.17. The van der Waals surface area contributed by atoms with Gasteiger partial charge in [-0.15, -0.1) is 0 Å². The van der Waals surface area contributed by atoms with E-state index in [2.05, 4.69) is 23.0 Å². The van der Waals surface area contributed by atoms with Crippen LogP contribution in [0.15, 0.2) is 0 Å². The molecule has 96 valence electrons. The molecule has 0 atom stereocenters. The first-order chi connectivity index (χ1) is 7.97. The minimum Gasteiger partial charge on any atom is -0.363 e. The maximum absolute atomic E-state index is 11.4. The molecule has 0 saturated heterocycles. The van der Waals surface area contributed by atoms with E-state index in [0.29, 0.717) is 18.7 Å². The fourth-order valence-electron chi connectivity index (χ4n) is 1.83. The summed E-state index contributed by atoms with van der Waals surface area (Å²) in [6.07, 6.45) is 0.444. The fourth-order valence-corrected chi connectivity index (χ4v) is 2.04. The van der Waals surface area contributed by atoms with Crippen LogP contribution in [0.25, 0.3) is 0 Å². The fraction of sp³-hybridized carbons (Fsp3) is 0.636. The van der Waals surface area contributed by atoms with Crippen LogP contribution in [0.2, 0.25) is 0 Å². The number of rotatable bonds is 5. The second kappa shape index (κ2) is 5.95. The highest BCUT2D eigenvalue weighted by Gasteiger charge is 2.15. The molecule has 0 fully saturated rings. The van der Waals surface area contributed by atoms with Crippen molar-refractivity contribution in [2.45, 2.75) is 19.9 Å². The average Bonchev–Trinajstić information content (AvgIpc) is 2.50. The molecule has 0 radical (unpaired) electrons. The van der Waals surface area contributed by atoms with E-state index in [1.54, 1.807) is 0 Å². The number of nitrogens with one attached hydrogen (secondary N) is 1. The molecule has 5 nitrogen and oxygen atoms in total. The molecule has 0 saturated carbocycles. The first-order valence-electron chi connectivity index (χ1n) is 5.54. The van der Waals surface area contributed by atoms with Gasteiger partial charge in [-0.2, -0.15) is 17.7 Å². The third-order valence-electron chi connectivity index (χ3n) is 2.54. The van der Waals surface area contributed by atoms with Gasteiger partial charge in [0.25, 0.3) is 0 Å². The normalized spacial score (nSPS) is 10.4. The van der Waals surface area contributed by atoms with Crippen molar-refractivity contribution in [3.63, 3.8) is 0 Å². The lowest BCUT2D eigenvalue weighted by molar-refractivity contribution is -0.120. The molecule has 0 bridgehead atoms. The number of hydrogen-bond donors (Lipinski definition) is 2. The van der Waals surface area contributed by atoms with E-state index in [-0.39, 0.29) is 5.91 Å². The quantitative estimate of drug-likeness (QED) is 0.764. The highest BCUT2D eigenvalue weighted by molar-refractivity contribution is 7.80. The minimum absolute atomic E-state index is 0.0213. The van der Waals surface area contributed by atoms with Crippen molar-refractivity contribution in [1.82, 2.24) is 15.1 Å². The third-order valence-corrected chi connectivity index (χ3v) is 2.76. The third kappa shape index (κ3) is 3.39. The van der Waals surface area contributed by atoms with Crippen LogP contribution in [0.4, 0.5) is 5.82 Å². The van der Waals surface area contributed by atoms with Crippen molar-refractivity contribution in [2.24, 2.45) is 7.05 Å². The number of carbonyl (C=O) groups is 1. The van der Waals surface area contributed by atoms with Crippen LogP contribution in [-0.4, -0.2) is 35.5 Å². The molecule has 1 rings (SSSR count). The van der Waals surface area contributed by atoms with E-state index in [4.69, 9.17) is 0 Å². The highest BCUT2D eigenvalue weighted by atomic mass is 32.1. The smallest absolute Gasteiger partial charge is 0.221 e. The monoisotopic (exact) mass is 256 g/mol. The van der Waals surface area contributed by atoms with Gasteiger partial charge in [0.05, 0.1) is 5.69 Å². The van der Waals surface area contributed by atoms with Crippen molar-refractivity contribution >= 4 is 24.4 Å². The van der Waals surface area contributed by atoms with Crippen LogP contribution in [0.3, 0.4) is 0 Å². The molecule has 0 aromatic carbocycles. The van der Waals surface area contributed by atoms with Crippen molar-refractivity contribution in [1.29, 1.82) is 0 Å². The summed E-state index contributed by atoms with van der Waals surface area (Å²) in [6, 6.07) is 0. The second-order valence-corrected chi connectivity index (χ2v) is 4.60. The van der Waals surface area contributed by atoms with Gasteiger partial charge in [-0.25, -0.2) is 0 Å². The molecule has 1 aromatic heterocycles. The van der Waals surface area contributed by atoms with E-state index in [1.165, 1.54) is 0 Å². The summed E-state index contributed by atoms with van der Waals surface area (Å²) in [4.78, 5) is 13.4. The maximum Gasteiger partial charge on any atom is 0.221 e. The summed E-state index contributed by atoms with van der Waals surface area (Å²) >= 11 is 4.03. The molecule has 6 heteroatoms. The second-order valence-electron chi connectivity index (χ2n) is 4.16. The zero-order chi connectivity index (χ0) is 13.0. The van der Waals surface area contributed by atoms with Crippen molar-refractivity contribution in [3.8, 4) is 0 Å². The van der Waals surface area contributed by atoms with Crippen LogP contribution in [0.5, 0.6) is 0 Å².